The second kappa shape index (κ2) is 5.81. The molecule has 0 bridgehead atoms. The second-order valence-corrected chi connectivity index (χ2v) is 3.92. The van der Waals surface area contributed by atoms with E-state index in [9.17, 15) is 4.79 Å². The van der Waals surface area contributed by atoms with Gasteiger partial charge in [0.2, 0.25) is 0 Å². The minimum absolute atomic E-state index is 0.256. The van der Waals surface area contributed by atoms with Crippen molar-refractivity contribution in [1.29, 1.82) is 0 Å². The molecule has 0 saturated heterocycles. The molecule has 0 radical (unpaired) electrons. The molecular formula is C11H18O3. The third-order valence-electron chi connectivity index (χ3n) is 2.78. The predicted octanol–water partition coefficient (Wildman–Crippen LogP) is 1.51. The number of aliphatic hydroxyl groups excluding tert-OH is 1. The average molecular weight is 198 g/mol. The summed E-state index contributed by atoms with van der Waals surface area (Å²) in [5.74, 6) is 0.470. The van der Waals surface area contributed by atoms with E-state index in [1.54, 1.807) is 0 Å². The van der Waals surface area contributed by atoms with Crippen LogP contribution in [0.5, 0.6) is 0 Å². The topological polar surface area (TPSA) is 46.5 Å². The molecule has 1 N–H and O–H groups in total. The van der Waals surface area contributed by atoms with Crippen molar-refractivity contribution in [2.45, 2.75) is 25.7 Å². The van der Waals surface area contributed by atoms with Gasteiger partial charge in [0.25, 0.3) is 0 Å². The Morgan fingerprint density at radius 3 is 2.86 bits per heavy atom. The van der Waals surface area contributed by atoms with Crippen LogP contribution < -0.4 is 0 Å². The van der Waals surface area contributed by atoms with Crippen LogP contribution in [0.15, 0.2) is 12.7 Å². The molecule has 0 aromatic carbocycles. The Morgan fingerprint density at radius 2 is 2.21 bits per heavy atom. The van der Waals surface area contributed by atoms with Crippen LogP contribution in [-0.2, 0) is 9.53 Å². The lowest BCUT2D eigenvalue weighted by Crippen LogP contribution is -2.22. The number of carbonyl (C=O) groups excluding carboxylic acids is 1. The smallest absolute Gasteiger partial charge is 0.330 e. The molecule has 2 atom stereocenters. The molecule has 1 rings (SSSR count). The first-order valence-corrected chi connectivity index (χ1v) is 5.16. The van der Waals surface area contributed by atoms with Gasteiger partial charge < -0.3 is 9.84 Å². The summed E-state index contributed by atoms with van der Waals surface area (Å²) >= 11 is 0. The second-order valence-electron chi connectivity index (χ2n) is 3.92. The number of hydrogen-bond acceptors (Lipinski definition) is 3. The molecule has 1 fully saturated rings. The molecule has 3 heteroatoms. The Hall–Kier alpha value is -0.830. The first kappa shape index (κ1) is 11.2. The molecule has 14 heavy (non-hydrogen) atoms. The third-order valence-corrected chi connectivity index (χ3v) is 2.78. The van der Waals surface area contributed by atoms with Gasteiger partial charge in [-0.15, -0.1) is 0 Å². The first-order chi connectivity index (χ1) is 6.76. The minimum Gasteiger partial charge on any atom is -0.462 e. The number of ether oxygens (including phenoxy) is 1. The molecule has 0 amide bonds. The van der Waals surface area contributed by atoms with E-state index in [1.807, 2.05) is 0 Å². The van der Waals surface area contributed by atoms with Crippen LogP contribution in [0.3, 0.4) is 0 Å². The van der Waals surface area contributed by atoms with Gasteiger partial charge in [-0.05, 0) is 31.1 Å². The van der Waals surface area contributed by atoms with Crippen molar-refractivity contribution in [2.24, 2.45) is 11.8 Å². The van der Waals surface area contributed by atoms with Crippen LogP contribution in [-0.4, -0.2) is 24.3 Å². The highest BCUT2D eigenvalue weighted by Gasteiger charge is 2.22. The fourth-order valence-corrected chi connectivity index (χ4v) is 1.98. The standard InChI is InChI=1S/C11H18O3/c1-2-11(13)14-8-10-5-3-4-9(6-10)7-12/h2,9-10,12H,1,3-8H2. The van der Waals surface area contributed by atoms with Gasteiger partial charge in [-0.2, -0.15) is 0 Å². The fourth-order valence-electron chi connectivity index (χ4n) is 1.98. The number of rotatable bonds is 4. The van der Waals surface area contributed by atoms with Gasteiger partial charge in [0.05, 0.1) is 6.61 Å². The Kier molecular flexibility index (Phi) is 4.66. The van der Waals surface area contributed by atoms with Gasteiger partial charge in [0.15, 0.2) is 0 Å². The minimum atomic E-state index is -0.351. The summed E-state index contributed by atoms with van der Waals surface area (Å²) in [6, 6.07) is 0. The summed E-state index contributed by atoms with van der Waals surface area (Å²) in [7, 11) is 0. The zero-order valence-corrected chi connectivity index (χ0v) is 8.45. The van der Waals surface area contributed by atoms with Crippen molar-refractivity contribution in [3.63, 3.8) is 0 Å². The van der Waals surface area contributed by atoms with Crippen LogP contribution in [0.4, 0.5) is 0 Å². The zero-order valence-electron chi connectivity index (χ0n) is 8.45. The van der Waals surface area contributed by atoms with Gasteiger partial charge >= 0.3 is 5.97 Å². The highest BCUT2D eigenvalue weighted by Crippen LogP contribution is 2.28. The van der Waals surface area contributed by atoms with Crippen molar-refractivity contribution in [3.8, 4) is 0 Å². The summed E-state index contributed by atoms with van der Waals surface area (Å²) in [6.45, 7) is 4.07. The molecular weight excluding hydrogens is 180 g/mol. The van der Waals surface area contributed by atoms with Crippen LogP contribution in [0.2, 0.25) is 0 Å². The SMILES string of the molecule is C=CC(=O)OCC1CCCC(CO)C1. The Bertz CT molecular complexity index is 201. The van der Waals surface area contributed by atoms with Gasteiger partial charge in [-0.25, -0.2) is 4.79 Å². The van der Waals surface area contributed by atoms with Crippen LogP contribution >= 0.6 is 0 Å². The van der Waals surface area contributed by atoms with Crippen molar-refractivity contribution in [1.82, 2.24) is 0 Å². The van der Waals surface area contributed by atoms with Crippen LogP contribution in [0.25, 0.3) is 0 Å². The largest absolute Gasteiger partial charge is 0.462 e. The lowest BCUT2D eigenvalue weighted by molar-refractivity contribution is -0.139. The molecule has 1 aliphatic rings. The fraction of sp³-hybridized carbons (Fsp3) is 0.727. The van der Waals surface area contributed by atoms with E-state index in [2.05, 4.69) is 6.58 Å². The summed E-state index contributed by atoms with van der Waals surface area (Å²) in [6.07, 6.45) is 5.48. The highest BCUT2D eigenvalue weighted by atomic mass is 16.5. The molecule has 1 aliphatic carbocycles. The van der Waals surface area contributed by atoms with Gasteiger partial charge in [0, 0.05) is 12.7 Å². The van der Waals surface area contributed by atoms with E-state index in [0.29, 0.717) is 18.4 Å². The van der Waals surface area contributed by atoms with Crippen LogP contribution in [0, 0.1) is 11.8 Å². The Balaban J connectivity index is 2.23. The summed E-state index contributed by atoms with van der Waals surface area (Å²) < 4.78 is 4.98. The lowest BCUT2D eigenvalue weighted by atomic mass is 9.82. The summed E-state index contributed by atoms with van der Waals surface area (Å²) in [4.78, 5) is 10.8. The number of carbonyl (C=O) groups is 1. The molecule has 1 saturated carbocycles. The van der Waals surface area contributed by atoms with Gasteiger partial charge in [0.1, 0.15) is 0 Å². The predicted molar refractivity (Wildman–Crippen MR) is 53.7 cm³/mol. The number of aliphatic hydroxyl groups is 1. The molecule has 80 valence electrons. The molecule has 0 spiro atoms. The normalized spacial score (nSPS) is 26.9. The molecule has 0 aromatic rings. The summed E-state index contributed by atoms with van der Waals surface area (Å²) in [5.41, 5.74) is 0. The van der Waals surface area contributed by atoms with E-state index in [-0.39, 0.29) is 12.6 Å². The van der Waals surface area contributed by atoms with E-state index >= 15 is 0 Å². The highest BCUT2D eigenvalue weighted by molar-refractivity contribution is 5.81. The maximum atomic E-state index is 10.8. The first-order valence-electron chi connectivity index (χ1n) is 5.16. The molecule has 0 aromatic heterocycles. The van der Waals surface area contributed by atoms with E-state index in [1.165, 1.54) is 6.08 Å². The summed E-state index contributed by atoms with van der Waals surface area (Å²) in [5, 5.41) is 9.01. The van der Waals surface area contributed by atoms with Gasteiger partial charge in [-0.3, -0.25) is 0 Å². The molecule has 0 aliphatic heterocycles. The number of hydrogen-bond donors (Lipinski definition) is 1. The van der Waals surface area contributed by atoms with Crippen molar-refractivity contribution < 1.29 is 14.6 Å². The van der Waals surface area contributed by atoms with Crippen molar-refractivity contribution in [2.75, 3.05) is 13.2 Å². The number of esters is 1. The van der Waals surface area contributed by atoms with E-state index in [0.717, 1.165) is 25.7 Å². The lowest BCUT2D eigenvalue weighted by Gasteiger charge is -2.27. The molecule has 3 nitrogen and oxygen atoms in total. The molecule has 2 unspecified atom stereocenters. The Labute approximate surface area is 84.8 Å². The van der Waals surface area contributed by atoms with Crippen molar-refractivity contribution in [3.05, 3.63) is 12.7 Å². The van der Waals surface area contributed by atoms with Crippen molar-refractivity contribution >= 4 is 5.97 Å². The maximum absolute atomic E-state index is 10.8. The maximum Gasteiger partial charge on any atom is 0.330 e. The Morgan fingerprint density at radius 1 is 1.50 bits per heavy atom. The molecule has 0 heterocycles. The zero-order chi connectivity index (χ0) is 10.4. The average Bonchev–Trinajstić information content (AvgIpc) is 2.26. The van der Waals surface area contributed by atoms with Crippen LogP contribution in [0.1, 0.15) is 25.7 Å². The van der Waals surface area contributed by atoms with E-state index < -0.39 is 0 Å². The van der Waals surface area contributed by atoms with Gasteiger partial charge in [-0.1, -0.05) is 13.0 Å². The van der Waals surface area contributed by atoms with E-state index in [4.69, 9.17) is 9.84 Å². The third kappa shape index (κ3) is 3.50. The quantitative estimate of drug-likeness (QED) is 0.550. The monoisotopic (exact) mass is 198 g/mol.